The summed E-state index contributed by atoms with van der Waals surface area (Å²) >= 11 is 0. The van der Waals surface area contributed by atoms with Crippen LogP contribution in [0.5, 0.6) is 0 Å². The first-order chi connectivity index (χ1) is 18.2. The Morgan fingerprint density at radius 2 is 1.92 bits per heavy atom. The van der Waals surface area contributed by atoms with E-state index in [-0.39, 0.29) is 23.4 Å². The molecule has 2 fully saturated rings. The molecule has 200 valence electrons. The molecule has 2 saturated heterocycles. The molecule has 3 aromatic rings. The van der Waals surface area contributed by atoms with Gasteiger partial charge in [-0.1, -0.05) is 31.2 Å². The number of hydrogen-bond donors (Lipinski definition) is 2. The van der Waals surface area contributed by atoms with E-state index in [2.05, 4.69) is 28.6 Å². The van der Waals surface area contributed by atoms with Crippen molar-refractivity contribution in [3.05, 3.63) is 72.1 Å². The summed E-state index contributed by atoms with van der Waals surface area (Å²) in [5.41, 5.74) is 4.40. The van der Waals surface area contributed by atoms with Crippen LogP contribution in [0.25, 0.3) is 11.1 Å². The number of aryl methyl sites for hydroxylation is 1. The highest BCUT2D eigenvalue weighted by atomic mass is 19.1. The highest BCUT2D eigenvalue weighted by molar-refractivity contribution is 5.83. The molecule has 3 heterocycles. The molecule has 1 amide bonds. The van der Waals surface area contributed by atoms with Crippen molar-refractivity contribution >= 4 is 17.5 Å². The molecule has 0 bridgehead atoms. The summed E-state index contributed by atoms with van der Waals surface area (Å²) in [5.74, 6) is -0.301. The van der Waals surface area contributed by atoms with E-state index in [1.807, 2.05) is 39.0 Å². The summed E-state index contributed by atoms with van der Waals surface area (Å²) < 4.78 is 20.2. The number of amides is 1. The first-order valence-electron chi connectivity index (χ1n) is 13.4. The molecule has 8 heteroatoms. The molecule has 2 aliphatic rings. The van der Waals surface area contributed by atoms with E-state index in [9.17, 15) is 9.18 Å². The van der Waals surface area contributed by atoms with Crippen LogP contribution in [0.4, 0.5) is 20.6 Å². The van der Waals surface area contributed by atoms with Crippen molar-refractivity contribution in [3.63, 3.8) is 0 Å². The van der Waals surface area contributed by atoms with E-state index in [0.717, 1.165) is 60.4 Å². The monoisotopic (exact) mass is 517 g/mol. The van der Waals surface area contributed by atoms with E-state index in [1.54, 1.807) is 23.2 Å². The van der Waals surface area contributed by atoms with Crippen molar-refractivity contribution in [3.8, 4) is 11.1 Å². The summed E-state index contributed by atoms with van der Waals surface area (Å²) in [6.07, 6.45) is 5.63. The van der Waals surface area contributed by atoms with Crippen LogP contribution in [0.3, 0.4) is 0 Å². The second-order valence-electron chi connectivity index (χ2n) is 11.3. The lowest BCUT2D eigenvalue weighted by atomic mass is 9.64. The predicted molar refractivity (Wildman–Crippen MR) is 147 cm³/mol. The Morgan fingerprint density at radius 3 is 2.66 bits per heavy atom. The van der Waals surface area contributed by atoms with Gasteiger partial charge in [-0.25, -0.2) is 19.2 Å². The molecule has 7 nitrogen and oxygen atoms in total. The smallest absolute Gasteiger partial charge is 0.410 e. The molecule has 0 aliphatic carbocycles. The highest BCUT2D eigenvalue weighted by Crippen LogP contribution is 2.55. The van der Waals surface area contributed by atoms with Gasteiger partial charge in [-0.2, -0.15) is 0 Å². The number of rotatable bonds is 5. The van der Waals surface area contributed by atoms with Crippen LogP contribution in [-0.4, -0.2) is 46.2 Å². The molecule has 1 spiro atoms. The second kappa shape index (κ2) is 10.3. The number of halogens is 1. The third-order valence-electron chi connectivity index (χ3n) is 7.55. The van der Waals surface area contributed by atoms with Gasteiger partial charge < -0.3 is 15.4 Å². The Hall–Kier alpha value is -3.52. The molecule has 0 radical (unpaired) electrons. The standard InChI is InChI=1S/C30H36FN5O2/c1-5-20-8-6-7-9-22(20)23-16-21(31)10-11-24(23)35-25-17-33-19-34-26(25)27-30(12-14-32-15-13-30)18-36(27)28(37)38-29(2,3)4/h6-11,16-17,19,27,32,35H,5,12-15,18H2,1-4H3. The summed E-state index contributed by atoms with van der Waals surface area (Å²) in [5, 5.41) is 6.95. The Bertz CT molecular complexity index is 1320. The van der Waals surface area contributed by atoms with Crippen LogP contribution < -0.4 is 10.6 Å². The van der Waals surface area contributed by atoms with Crippen molar-refractivity contribution in [1.29, 1.82) is 0 Å². The fourth-order valence-electron chi connectivity index (χ4n) is 5.76. The Morgan fingerprint density at radius 1 is 1.16 bits per heavy atom. The number of nitrogens with one attached hydrogen (secondary N) is 2. The maximum absolute atomic E-state index is 14.5. The number of carbonyl (C=O) groups excluding carboxylic acids is 1. The molecule has 1 aromatic heterocycles. The predicted octanol–water partition coefficient (Wildman–Crippen LogP) is 6.25. The van der Waals surface area contributed by atoms with Crippen molar-refractivity contribution in [1.82, 2.24) is 20.2 Å². The van der Waals surface area contributed by atoms with E-state index < -0.39 is 5.60 Å². The van der Waals surface area contributed by atoms with Gasteiger partial charge in [0.05, 0.1) is 23.6 Å². The van der Waals surface area contributed by atoms with Crippen LogP contribution in [0.2, 0.25) is 0 Å². The number of likely N-dealkylation sites (tertiary alicyclic amines) is 1. The minimum atomic E-state index is -0.596. The van der Waals surface area contributed by atoms with Crippen molar-refractivity contribution in [2.24, 2.45) is 5.41 Å². The molecular formula is C30H36FN5O2. The molecule has 0 saturated carbocycles. The largest absolute Gasteiger partial charge is 0.444 e. The first-order valence-corrected chi connectivity index (χ1v) is 13.4. The number of nitrogens with zero attached hydrogens (tertiary/aromatic N) is 3. The second-order valence-corrected chi connectivity index (χ2v) is 11.3. The maximum atomic E-state index is 14.5. The van der Waals surface area contributed by atoms with Crippen molar-refractivity contribution < 1.29 is 13.9 Å². The minimum absolute atomic E-state index is 0.0899. The number of ether oxygens (including phenoxy) is 1. The van der Waals surface area contributed by atoms with Crippen LogP contribution in [0.1, 0.15) is 57.8 Å². The van der Waals surface area contributed by atoms with Crippen molar-refractivity contribution in [2.45, 2.75) is 58.6 Å². The number of piperidine rings is 1. The third kappa shape index (κ3) is 5.10. The molecule has 38 heavy (non-hydrogen) atoms. The van der Waals surface area contributed by atoms with Gasteiger partial charge in [0.2, 0.25) is 0 Å². The lowest BCUT2D eigenvalue weighted by molar-refractivity contribution is -0.0984. The molecule has 2 N–H and O–H groups in total. The number of anilines is 2. The molecule has 2 aliphatic heterocycles. The normalized spacial score (nSPS) is 18.7. The Kier molecular flexibility index (Phi) is 7.09. The highest BCUT2D eigenvalue weighted by Gasteiger charge is 2.57. The van der Waals surface area contributed by atoms with Crippen LogP contribution in [0, 0.1) is 11.2 Å². The average Bonchev–Trinajstić information content (AvgIpc) is 2.89. The van der Waals surface area contributed by atoms with E-state index >= 15 is 0 Å². The third-order valence-corrected chi connectivity index (χ3v) is 7.55. The average molecular weight is 518 g/mol. The number of benzene rings is 2. The van der Waals surface area contributed by atoms with Crippen molar-refractivity contribution in [2.75, 3.05) is 25.0 Å². The first kappa shape index (κ1) is 26.1. The summed E-state index contributed by atoms with van der Waals surface area (Å²) in [4.78, 5) is 24.1. The van der Waals surface area contributed by atoms with Crippen LogP contribution in [-0.2, 0) is 11.2 Å². The van der Waals surface area contributed by atoms with Gasteiger partial charge in [0.1, 0.15) is 17.7 Å². The lowest BCUT2D eigenvalue weighted by Gasteiger charge is -2.58. The maximum Gasteiger partial charge on any atom is 0.410 e. The molecule has 5 rings (SSSR count). The van der Waals surface area contributed by atoms with Gasteiger partial charge in [0.15, 0.2) is 0 Å². The molecule has 1 atom stereocenters. The number of aromatic nitrogens is 2. The van der Waals surface area contributed by atoms with Gasteiger partial charge in [0.25, 0.3) is 0 Å². The number of carbonyl (C=O) groups is 1. The Balaban J connectivity index is 1.55. The summed E-state index contributed by atoms with van der Waals surface area (Å²) in [7, 11) is 0. The Labute approximate surface area is 223 Å². The van der Waals surface area contributed by atoms with Gasteiger partial charge >= 0.3 is 6.09 Å². The summed E-state index contributed by atoms with van der Waals surface area (Å²) in [6, 6.07) is 12.6. The van der Waals surface area contributed by atoms with Gasteiger partial charge in [-0.05, 0) is 82.4 Å². The molecule has 2 aromatic carbocycles. The van der Waals surface area contributed by atoms with Crippen LogP contribution in [0.15, 0.2) is 55.0 Å². The topological polar surface area (TPSA) is 79.4 Å². The molecular weight excluding hydrogens is 481 g/mol. The zero-order chi connectivity index (χ0) is 26.9. The summed E-state index contributed by atoms with van der Waals surface area (Å²) in [6.45, 7) is 10.1. The molecule has 1 unspecified atom stereocenters. The quantitative estimate of drug-likeness (QED) is 0.416. The van der Waals surface area contributed by atoms with Gasteiger partial charge in [0, 0.05) is 23.2 Å². The number of hydrogen-bond acceptors (Lipinski definition) is 6. The fraction of sp³-hybridized carbons (Fsp3) is 0.433. The zero-order valence-corrected chi connectivity index (χ0v) is 22.6. The van der Waals surface area contributed by atoms with E-state index in [0.29, 0.717) is 12.2 Å². The zero-order valence-electron chi connectivity index (χ0n) is 22.6. The van der Waals surface area contributed by atoms with Crippen LogP contribution >= 0.6 is 0 Å². The SMILES string of the molecule is CCc1ccccc1-c1cc(F)ccc1Nc1cncnc1C1N(C(=O)OC(C)(C)C)CC12CCNCC2. The van der Waals surface area contributed by atoms with E-state index in [1.165, 1.54) is 12.4 Å². The van der Waals surface area contributed by atoms with E-state index in [4.69, 9.17) is 9.72 Å². The fourth-order valence-corrected chi connectivity index (χ4v) is 5.76. The minimum Gasteiger partial charge on any atom is -0.444 e. The lowest BCUT2D eigenvalue weighted by Crippen LogP contribution is -2.64. The van der Waals surface area contributed by atoms with Gasteiger partial charge in [-0.15, -0.1) is 0 Å². The van der Waals surface area contributed by atoms with Gasteiger partial charge in [-0.3, -0.25) is 4.90 Å².